The van der Waals surface area contributed by atoms with Gasteiger partial charge in [-0.05, 0) is 65.9 Å². The minimum Gasteiger partial charge on any atom is -0.457 e. The summed E-state index contributed by atoms with van der Waals surface area (Å²) in [5, 5.41) is 13.6. The smallest absolute Gasteiger partial charge is 0.127 e. The van der Waals surface area contributed by atoms with Crippen LogP contribution in [0.3, 0.4) is 0 Å². The molecule has 1 atom stereocenters. The van der Waals surface area contributed by atoms with Gasteiger partial charge >= 0.3 is 0 Å². The number of benzene rings is 3. The summed E-state index contributed by atoms with van der Waals surface area (Å²) in [5.41, 5.74) is 3.49. The van der Waals surface area contributed by atoms with Gasteiger partial charge in [0.05, 0.1) is 6.61 Å². The third-order valence-electron chi connectivity index (χ3n) is 5.50. The molecule has 28 heavy (non-hydrogen) atoms. The van der Waals surface area contributed by atoms with E-state index in [0.29, 0.717) is 18.0 Å². The summed E-state index contributed by atoms with van der Waals surface area (Å²) in [6, 6.07) is 22.2. The lowest BCUT2D eigenvalue weighted by Crippen LogP contribution is -2.39. The molecule has 1 unspecified atom stereocenters. The number of nitrogens with one attached hydrogen (secondary N) is 1. The number of ether oxygens (including phenoxy) is 1. The highest BCUT2D eigenvalue weighted by Gasteiger charge is 2.37. The number of hydrogen-bond acceptors (Lipinski definition) is 3. The van der Waals surface area contributed by atoms with Gasteiger partial charge in [0.25, 0.3) is 0 Å². The van der Waals surface area contributed by atoms with Gasteiger partial charge in [0.1, 0.15) is 17.3 Å². The maximum atomic E-state index is 13.0. The van der Waals surface area contributed by atoms with Gasteiger partial charge in [-0.2, -0.15) is 0 Å². The lowest BCUT2D eigenvalue weighted by atomic mass is 9.82. The van der Waals surface area contributed by atoms with E-state index in [-0.39, 0.29) is 17.8 Å². The predicted octanol–water partition coefficient (Wildman–Crippen LogP) is 4.58. The molecular weight excluding hydrogens is 353 g/mol. The number of aryl methyl sites for hydroxylation is 1. The third kappa shape index (κ3) is 3.93. The van der Waals surface area contributed by atoms with Crippen molar-refractivity contribution in [2.45, 2.75) is 24.8 Å². The SMILES string of the molecule is OCC1(CNCc2cccc(Oc3ccc(F)cc3)c2)CCc2ccccc21. The fraction of sp³-hybridized carbons (Fsp3) is 0.250. The van der Waals surface area contributed by atoms with Crippen LogP contribution < -0.4 is 10.1 Å². The number of fused-ring (bicyclic) bond motifs is 1. The number of rotatable bonds is 7. The first-order valence-corrected chi connectivity index (χ1v) is 9.61. The van der Waals surface area contributed by atoms with Crippen LogP contribution in [-0.2, 0) is 18.4 Å². The molecule has 0 aromatic heterocycles. The fourth-order valence-electron chi connectivity index (χ4n) is 3.97. The molecule has 3 aromatic rings. The summed E-state index contributed by atoms with van der Waals surface area (Å²) in [6.45, 7) is 1.55. The van der Waals surface area contributed by atoms with Gasteiger partial charge in [0.2, 0.25) is 0 Å². The molecule has 0 heterocycles. The first kappa shape index (κ1) is 18.7. The van der Waals surface area contributed by atoms with E-state index in [1.165, 1.54) is 23.3 Å². The van der Waals surface area contributed by atoms with Crippen molar-refractivity contribution in [1.82, 2.24) is 5.32 Å². The number of halogens is 1. The molecular formula is C24H24FNO2. The van der Waals surface area contributed by atoms with Crippen molar-refractivity contribution in [1.29, 1.82) is 0 Å². The Morgan fingerprint density at radius 1 is 0.964 bits per heavy atom. The van der Waals surface area contributed by atoms with Crippen molar-refractivity contribution in [2.75, 3.05) is 13.2 Å². The van der Waals surface area contributed by atoms with Gasteiger partial charge < -0.3 is 15.2 Å². The molecule has 4 heteroatoms. The van der Waals surface area contributed by atoms with Crippen LogP contribution in [0.4, 0.5) is 4.39 Å². The summed E-state index contributed by atoms with van der Waals surface area (Å²) < 4.78 is 18.8. The first-order chi connectivity index (χ1) is 13.7. The van der Waals surface area contributed by atoms with Crippen LogP contribution in [0.5, 0.6) is 11.5 Å². The van der Waals surface area contributed by atoms with E-state index in [0.717, 1.165) is 24.9 Å². The highest BCUT2D eigenvalue weighted by atomic mass is 19.1. The highest BCUT2D eigenvalue weighted by Crippen LogP contribution is 2.38. The highest BCUT2D eigenvalue weighted by molar-refractivity contribution is 5.40. The summed E-state index contributed by atoms with van der Waals surface area (Å²) in [5.74, 6) is 1.04. The quantitative estimate of drug-likeness (QED) is 0.633. The molecule has 4 rings (SSSR count). The zero-order chi connectivity index (χ0) is 19.4. The van der Waals surface area contributed by atoms with E-state index in [1.54, 1.807) is 12.1 Å². The zero-order valence-corrected chi connectivity index (χ0v) is 15.7. The summed E-state index contributed by atoms with van der Waals surface area (Å²) in [4.78, 5) is 0. The lowest BCUT2D eigenvalue weighted by Gasteiger charge is -2.28. The lowest BCUT2D eigenvalue weighted by molar-refractivity contribution is 0.188. The molecule has 1 aliphatic rings. The van der Waals surface area contributed by atoms with Crippen LogP contribution in [0.2, 0.25) is 0 Å². The van der Waals surface area contributed by atoms with Gasteiger partial charge in [-0.15, -0.1) is 0 Å². The molecule has 1 aliphatic carbocycles. The molecule has 0 aliphatic heterocycles. The second kappa shape index (κ2) is 8.13. The molecule has 3 aromatic carbocycles. The Kier molecular flexibility index (Phi) is 5.42. The van der Waals surface area contributed by atoms with Crippen molar-refractivity contribution in [3.05, 3.63) is 95.3 Å². The molecule has 0 spiro atoms. The van der Waals surface area contributed by atoms with E-state index >= 15 is 0 Å². The van der Waals surface area contributed by atoms with Crippen molar-refractivity contribution < 1.29 is 14.2 Å². The second-order valence-electron chi connectivity index (χ2n) is 7.40. The average Bonchev–Trinajstić information content (AvgIpc) is 3.09. The zero-order valence-electron chi connectivity index (χ0n) is 15.7. The molecule has 3 nitrogen and oxygen atoms in total. The molecule has 0 amide bonds. The van der Waals surface area contributed by atoms with Crippen molar-refractivity contribution >= 4 is 0 Å². The number of aliphatic hydroxyl groups excluding tert-OH is 1. The Balaban J connectivity index is 1.39. The van der Waals surface area contributed by atoms with Crippen LogP contribution in [0, 0.1) is 5.82 Å². The molecule has 0 fully saturated rings. The Morgan fingerprint density at radius 2 is 1.79 bits per heavy atom. The van der Waals surface area contributed by atoms with E-state index in [9.17, 15) is 9.50 Å². The van der Waals surface area contributed by atoms with Crippen LogP contribution >= 0.6 is 0 Å². The maximum Gasteiger partial charge on any atom is 0.127 e. The average molecular weight is 377 g/mol. The van der Waals surface area contributed by atoms with Gasteiger partial charge in [0.15, 0.2) is 0 Å². The second-order valence-corrected chi connectivity index (χ2v) is 7.40. The number of aliphatic hydroxyl groups is 1. The Labute approximate surface area is 164 Å². The van der Waals surface area contributed by atoms with Crippen molar-refractivity contribution in [3.8, 4) is 11.5 Å². The van der Waals surface area contributed by atoms with Crippen molar-refractivity contribution in [2.24, 2.45) is 0 Å². The Morgan fingerprint density at radius 3 is 2.61 bits per heavy atom. The standard InChI is InChI=1S/C24H24FNO2/c25-20-8-10-21(11-9-20)28-22-6-3-4-18(14-22)15-26-16-24(17-27)13-12-19-5-1-2-7-23(19)24/h1-11,14,26-27H,12-13,15-17H2. The predicted molar refractivity (Wildman–Crippen MR) is 108 cm³/mol. The van der Waals surface area contributed by atoms with Crippen LogP contribution in [0.15, 0.2) is 72.8 Å². The minimum absolute atomic E-state index is 0.144. The molecule has 2 N–H and O–H groups in total. The van der Waals surface area contributed by atoms with E-state index in [1.807, 2.05) is 30.3 Å². The fourth-order valence-corrected chi connectivity index (χ4v) is 3.97. The van der Waals surface area contributed by atoms with E-state index < -0.39 is 0 Å². The molecule has 0 radical (unpaired) electrons. The van der Waals surface area contributed by atoms with Gasteiger partial charge in [-0.3, -0.25) is 0 Å². The maximum absolute atomic E-state index is 13.0. The molecule has 144 valence electrons. The first-order valence-electron chi connectivity index (χ1n) is 9.61. The summed E-state index contributed by atoms with van der Waals surface area (Å²) in [6.07, 6.45) is 1.98. The molecule has 0 saturated carbocycles. The topological polar surface area (TPSA) is 41.5 Å². The monoisotopic (exact) mass is 377 g/mol. The number of hydrogen-bond donors (Lipinski definition) is 2. The molecule has 0 saturated heterocycles. The van der Waals surface area contributed by atoms with Gasteiger partial charge in [-0.1, -0.05) is 36.4 Å². The van der Waals surface area contributed by atoms with Crippen LogP contribution in [-0.4, -0.2) is 18.3 Å². The normalized spacial score (nSPS) is 18.1. The van der Waals surface area contributed by atoms with Crippen LogP contribution in [0.1, 0.15) is 23.1 Å². The van der Waals surface area contributed by atoms with Crippen molar-refractivity contribution in [3.63, 3.8) is 0 Å². The Hall–Kier alpha value is -2.69. The van der Waals surface area contributed by atoms with Crippen LogP contribution in [0.25, 0.3) is 0 Å². The minimum atomic E-state index is -0.281. The largest absolute Gasteiger partial charge is 0.457 e. The van der Waals surface area contributed by atoms with E-state index in [2.05, 4.69) is 23.5 Å². The van der Waals surface area contributed by atoms with Gasteiger partial charge in [-0.25, -0.2) is 4.39 Å². The van der Waals surface area contributed by atoms with E-state index in [4.69, 9.17) is 4.74 Å². The van der Waals surface area contributed by atoms with Gasteiger partial charge in [0, 0.05) is 18.5 Å². The third-order valence-corrected chi connectivity index (χ3v) is 5.50. The Bertz CT molecular complexity index is 941. The molecule has 0 bridgehead atoms. The summed E-state index contributed by atoms with van der Waals surface area (Å²) >= 11 is 0. The summed E-state index contributed by atoms with van der Waals surface area (Å²) in [7, 11) is 0.